The molecule has 1 amide bonds. The van der Waals surface area contributed by atoms with Gasteiger partial charge in [0.25, 0.3) is 5.91 Å². The van der Waals surface area contributed by atoms with Gasteiger partial charge in [0.15, 0.2) is 0 Å². The number of nitrogens with one attached hydrogen (secondary N) is 1. The zero-order valence-electron chi connectivity index (χ0n) is 11.3. The standard InChI is InChI=1S/C15H19N3O/c1-3-14(8-7-11(2)17)18-15(19)13-6-4-5-12(9-13)10-16/h4-6,8-9,11H,3,7,17H2,1-2H3,(H,18,19)/b14-8+. The van der Waals surface area contributed by atoms with E-state index in [9.17, 15) is 4.79 Å². The van der Waals surface area contributed by atoms with E-state index in [0.717, 1.165) is 18.5 Å². The molecule has 3 N–H and O–H groups in total. The van der Waals surface area contributed by atoms with Crippen molar-refractivity contribution in [1.82, 2.24) is 5.32 Å². The van der Waals surface area contributed by atoms with Crippen LogP contribution in [-0.2, 0) is 0 Å². The number of hydrogen-bond acceptors (Lipinski definition) is 3. The summed E-state index contributed by atoms with van der Waals surface area (Å²) in [5, 5.41) is 11.7. The Hall–Kier alpha value is -2.12. The molecule has 1 rings (SSSR count). The molecule has 0 spiro atoms. The Kier molecular flexibility index (Phi) is 5.77. The second-order valence-corrected chi connectivity index (χ2v) is 4.44. The van der Waals surface area contributed by atoms with Crippen molar-refractivity contribution in [3.8, 4) is 6.07 Å². The number of amides is 1. The summed E-state index contributed by atoms with van der Waals surface area (Å²) in [5.74, 6) is -0.199. The smallest absolute Gasteiger partial charge is 0.255 e. The molecule has 1 aromatic rings. The third-order valence-electron chi connectivity index (χ3n) is 2.64. The predicted octanol–water partition coefficient (Wildman–Crippen LogP) is 2.32. The molecule has 1 unspecified atom stereocenters. The first-order valence-electron chi connectivity index (χ1n) is 6.33. The summed E-state index contributed by atoms with van der Waals surface area (Å²) in [6, 6.07) is 8.72. The highest BCUT2D eigenvalue weighted by molar-refractivity contribution is 5.95. The van der Waals surface area contributed by atoms with E-state index in [1.54, 1.807) is 24.3 Å². The molecule has 0 radical (unpaired) electrons. The number of carbonyl (C=O) groups excluding carboxylic acids is 1. The molecule has 0 aliphatic rings. The lowest BCUT2D eigenvalue weighted by atomic mass is 10.1. The fraction of sp³-hybridized carbons (Fsp3) is 0.333. The molecule has 0 bridgehead atoms. The van der Waals surface area contributed by atoms with Crippen molar-refractivity contribution >= 4 is 5.91 Å². The van der Waals surface area contributed by atoms with Crippen LogP contribution < -0.4 is 11.1 Å². The molecule has 19 heavy (non-hydrogen) atoms. The molecule has 0 aliphatic heterocycles. The lowest BCUT2D eigenvalue weighted by molar-refractivity contribution is 0.0964. The Morgan fingerprint density at radius 1 is 1.58 bits per heavy atom. The van der Waals surface area contributed by atoms with Crippen LogP contribution >= 0.6 is 0 Å². The van der Waals surface area contributed by atoms with Crippen molar-refractivity contribution in [2.45, 2.75) is 32.7 Å². The van der Waals surface area contributed by atoms with Crippen LogP contribution in [-0.4, -0.2) is 11.9 Å². The van der Waals surface area contributed by atoms with E-state index in [4.69, 9.17) is 11.0 Å². The van der Waals surface area contributed by atoms with Gasteiger partial charge in [-0.3, -0.25) is 4.79 Å². The number of benzene rings is 1. The van der Waals surface area contributed by atoms with Crippen LogP contribution in [0, 0.1) is 11.3 Å². The normalized spacial score (nSPS) is 12.6. The zero-order chi connectivity index (χ0) is 14.3. The molecule has 4 heteroatoms. The summed E-state index contributed by atoms with van der Waals surface area (Å²) in [4.78, 5) is 12.0. The number of hydrogen-bond donors (Lipinski definition) is 2. The van der Waals surface area contributed by atoms with Gasteiger partial charge < -0.3 is 11.1 Å². The number of allylic oxidation sites excluding steroid dienone is 1. The molecular formula is C15H19N3O. The monoisotopic (exact) mass is 257 g/mol. The average Bonchev–Trinajstić information content (AvgIpc) is 2.43. The Bertz CT molecular complexity index is 512. The second kappa shape index (κ2) is 7.34. The van der Waals surface area contributed by atoms with Gasteiger partial charge in [0, 0.05) is 17.3 Å². The Morgan fingerprint density at radius 2 is 2.32 bits per heavy atom. The van der Waals surface area contributed by atoms with Crippen molar-refractivity contribution in [3.63, 3.8) is 0 Å². The van der Waals surface area contributed by atoms with Crippen molar-refractivity contribution in [3.05, 3.63) is 47.2 Å². The van der Waals surface area contributed by atoms with Gasteiger partial charge in [0.1, 0.15) is 0 Å². The van der Waals surface area contributed by atoms with Crippen molar-refractivity contribution in [1.29, 1.82) is 5.26 Å². The van der Waals surface area contributed by atoms with Gasteiger partial charge in [-0.2, -0.15) is 5.26 Å². The number of carbonyl (C=O) groups is 1. The highest BCUT2D eigenvalue weighted by Crippen LogP contribution is 2.07. The van der Waals surface area contributed by atoms with E-state index >= 15 is 0 Å². The maximum absolute atomic E-state index is 12.0. The molecule has 0 fully saturated rings. The SMILES string of the molecule is CC/C(=C\CC(C)N)NC(=O)c1cccc(C#N)c1. The molecule has 4 nitrogen and oxygen atoms in total. The molecule has 0 saturated carbocycles. The first kappa shape index (κ1) is 14.9. The Labute approximate surface area is 113 Å². The molecule has 100 valence electrons. The molecular weight excluding hydrogens is 238 g/mol. The van der Waals surface area contributed by atoms with E-state index in [1.165, 1.54) is 0 Å². The number of nitriles is 1. The molecule has 0 aromatic heterocycles. The molecule has 0 aliphatic carbocycles. The Morgan fingerprint density at radius 3 is 2.89 bits per heavy atom. The summed E-state index contributed by atoms with van der Waals surface area (Å²) < 4.78 is 0. The van der Waals surface area contributed by atoms with Gasteiger partial charge in [-0.1, -0.05) is 19.1 Å². The quantitative estimate of drug-likeness (QED) is 0.849. The van der Waals surface area contributed by atoms with E-state index in [2.05, 4.69) is 5.32 Å². The number of rotatable bonds is 5. The highest BCUT2D eigenvalue weighted by Gasteiger charge is 2.07. The number of nitrogens with zero attached hydrogens (tertiary/aromatic N) is 1. The van der Waals surface area contributed by atoms with E-state index in [1.807, 2.05) is 26.0 Å². The molecule has 1 aromatic carbocycles. The maximum atomic E-state index is 12.0. The molecule has 1 atom stereocenters. The van der Waals surface area contributed by atoms with Crippen molar-refractivity contribution < 1.29 is 4.79 Å². The van der Waals surface area contributed by atoms with Gasteiger partial charge in [-0.15, -0.1) is 0 Å². The van der Waals surface area contributed by atoms with Gasteiger partial charge in [-0.25, -0.2) is 0 Å². The largest absolute Gasteiger partial charge is 0.328 e. The summed E-state index contributed by atoms with van der Waals surface area (Å²) in [5.41, 5.74) is 7.50. The van der Waals surface area contributed by atoms with E-state index < -0.39 is 0 Å². The van der Waals surface area contributed by atoms with Gasteiger partial charge in [-0.05, 0) is 38.0 Å². The zero-order valence-corrected chi connectivity index (χ0v) is 11.3. The van der Waals surface area contributed by atoms with Gasteiger partial charge in [0.2, 0.25) is 0 Å². The van der Waals surface area contributed by atoms with Crippen LogP contribution in [0.4, 0.5) is 0 Å². The summed E-state index contributed by atoms with van der Waals surface area (Å²) in [6.07, 6.45) is 3.40. The number of nitrogens with two attached hydrogens (primary N) is 1. The first-order valence-corrected chi connectivity index (χ1v) is 6.33. The van der Waals surface area contributed by atoms with Crippen LogP contribution in [0.3, 0.4) is 0 Å². The van der Waals surface area contributed by atoms with Crippen LogP contribution in [0.25, 0.3) is 0 Å². The van der Waals surface area contributed by atoms with Gasteiger partial charge in [0.05, 0.1) is 11.6 Å². The molecule has 0 saturated heterocycles. The third kappa shape index (κ3) is 4.94. The summed E-state index contributed by atoms with van der Waals surface area (Å²) >= 11 is 0. The van der Waals surface area contributed by atoms with E-state index in [0.29, 0.717) is 11.1 Å². The fourth-order valence-electron chi connectivity index (χ4n) is 1.56. The minimum atomic E-state index is -0.199. The fourth-order valence-corrected chi connectivity index (χ4v) is 1.56. The van der Waals surface area contributed by atoms with Crippen molar-refractivity contribution in [2.24, 2.45) is 5.73 Å². The van der Waals surface area contributed by atoms with Crippen molar-refractivity contribution in [2.75, 3.05) is 0 Å². The maximum Gasteiger partial charge on any atom is 0.255 e. The summed E-state index contributed by atoms with van der Waals surface area (Å²) in [6.45, 7) is 3.89. The third-order valence-corrected chi connectivity index (χ3v) is 2.64. The van der Waals surface area contributed by atoms with E-state index in [-0.39, 0.29) is 11.9 Å². The second-order valence-electron chi connectivity index (χ2n) is 4.44. The van der Waals surface area contributed by atoms with Gasteiger partial charge >= 0.3 is 0 Å². The molecule has 0 heterocycles. The van der Waals surface area contributed by atoms with Crippen LogP contribution in [0.2, 0.25) is 0 Å². The van der Waals surface area contributed by atoms with Crippen LogP contribution in [0.1, 0.15) is 42.6 Å². The minimum absolute atomic E-state index is 0.0698. The minimum Gasteiger partial charge on any atom is -0.328 e. The predicted molar refractivity (Wildman–Crippen MR) is 75.3 cm³/mol. The Balaban J connectivity index is 2.77. The average molecular weight is 257 g/mol. The lowest BCUT2D eigenvalue weighted by Crippen LogP contribution is -2.23. The van der Waals surface area contributed by atoms with Crippen LogP contribution in [0.15, 0.2) is 36.0 Å². The van der Waals surface area contributed by atoms with Crippen LogP contribution in [0.5, 0.6) is 0 Å². The highest BCUT2D eigenvalue weighted by atomic mass is 16.1. The first-order chi connectivity index (χ1) is 9.06. The topological polar surface area (TPSA) is 78.9 Å². The summed E-state index contributed by atoms with van der Waals surface area (Å²) in [7, 11) is 0. The lowest BCUT2D eigenvalue weighted by Gasteiger charge is -2.09.